The van der Waals surface area contributed by atoms with Gasteiger partial charge < -0.3 is 29.9 Å². The number of likely N-dealkylation sites (tertiary alicyclic amines) is 1. The number of amides is 1. The molecule has 2 unspecified atom stereocenters. The minimum atomic E-state index is -0.132. The van der Waals surface area contributed by atoms with Crippen molar-refractivity contribution in [2.45, 2.75) is 25.0 Å². The largest absolute Gasteiger partial charge is 0.496 e. The number of piperidine rings is 1. The van der Waals surface area contributed by atoms with E-state index >= 15 is 0 Å². The van der Waals surface area contributed by atoms with Crippen molar-refractivity contribution < 1.29 is 14.3 Å². The third kappa shape index (κ3) is 6.30. The second kappa shape index (κ2) is 11.6. The van der Waals surface area contributed by atoms with Crippen molar-refractivity contribution >= 4 is 17.7 Å². The summed E-state index contributed by atoms with van der Waals surface area (Å²) >= 11 is 0. The highest BCUT2D eigenvalue weighted by Gasteiger charge is 2.30. The van der Waals surface area contributed by atoms with Gasteiger partial charge in [0.05, 0.1) is 24.8 Å². The summed E-state index contributed by atoms with van der Waals surface area (Å²) in [6.07, 6.45) is 3.50. The van der Waals surface area contributed by atoms with E-state index < -0.39 is 0 Å². The fourth-order valence-corrected chi connectivity index (χ4v) is 3.85. The number of hydrogen-bond donors (Lipinski definition) is 2. The molecule has 1 saturated heterocycles. The topological polar surface area (TPSA) is 91.9 Å². The van der Waals surface area contributed by atoms with E-state index in [1.807, 2.05) is 37.2 Å². The molecule has 1 aromatic carbocycles. The molecule has 0 spiro atoms. The van der Waals surface area contributed by atoms with Gasteiger partial charge in [0.15, 0.2) is 0 Å². The molecule has 2 heterocycles. The highest BCUT2D eigenvalue weighted by molar-refractivity contribution is 5.97. The van der Waals surface area contributed by atoms with Crippen molar-refractivity contribution in [2.24, 2.45) is 0 Å². The van der Waals surface area contributed by atoms with Gasteiger partial charge in [-0.15, -0.1) is 0 Å². The average Bonchev–Trinajstić information content (AvgIpc) is 2.82. The molecule has 1 aliphatic rings. The average molecular weight is 443 g/mol. The molecular weight excluding hydrogens is 408 g/mol. The maximum Gasteiger partial charge on any atom is 0.255 e. The molecule has 1 amide bonds. The van der Waals surface area contributed by atoms with Crippen LogP contribution in [0.4, 0.5) is 11.8 Å². The molecule has 3 rings (SSSR count). The van der Waals surface area contributed by atoms with Crippen molar-refractivity contribution in [2.75, 3.05) is 64.7 Å². The minimum absolute atomic E-state index is 0.0334. The van der Waals surface area contributed by atoms with E-state index in [2.05, 4.69) is 25.5 Å². The highest BCUT2D eigenvalue weighted by atomic mass is 16.5. The van der Waals surface area contributed by atoms with Gasteiger partial charge in [0.25, 0.3) is 5.91 Å². The van der Waals surface area contributed by atoms with Crippen LogP contribution < -0.4 is 20.3 Å². The second-order valence-electron chi connectivity index (χ2n) is 8.06. The zero-order valence-corrected chi connectivity index (χ0v) is 19.4. The molecule has 1 fully saturated rings. The zero-order valence-electron chi connectivity index (χ0n) is 19.4. The van der Waals surface area contributed by atoms with Gasteiger partial charge in [-0.2, -0.15) is 4.98 Å². The molecule has 2 atom stereocenters. The molecule has 0 bridgehead atoms. The first-order chi connectivity index (χ1) is 15.5. The Kier molecular flexibility index (Phi) is 8.64. The Hall–Kier alpha value is -2.91. The van der Waals surface area contributed by atoms with E-state index in [1.54, 1.807) is 32.5 Å². The molecule has 1 aromatic heterocycles. The Labute approximate surface area is 190 Å². The first-order valence-electron chi connectivity index (χ1n) is 10.9. The summed E-state index contributed by atoms with van der Waals surface area (Å²) < 4.78 is 11.0. The Balaban J connectivity index is 1.45. The number of nitrogens with one attached hydrogen (secondary N) is 2. The van der Waals surface area contributed by atoms with Crippen LogP contribution in [0.2, 0.25) is 0 Å². The first kappa shape index (κ1) is 23.7. The molecule has 2 N–H and O–H groups in total. The number of carbonyl (C=O) groups is 1. The van der Waals surface area contributed by atoms with Crippen LogP contribution in [0.25, 0.3) is 0 Å². The fraction of sp³-hybridized carbons (Fsp3) is 0.522. The lowest BCUT2D eigenvalue weighted by molar-refractivity contribution is 0.00637. The molecule has 9 nitrogen and oxygen atoms in total. The lowest BCUT2D eigenvalue weighted by Crippen LogP contribution is -2.55. The van der Waals surface area contributed by atoms with E-state index in [0.717, 1.165) is 44.8 Å². The third-order valence-electron chi connectivity index (χ3n) is 5.65. The molecule has 1 aliphatic heterocycles. The molecule has 9 heteroatoms. The zero-order chi connectivity index (χ0) is 22.9. The summed E-state index contributed by atoms with van der Waals surface area (Å²) in [5, 5.41) is 6.42. The van der Waals surface area contributed by atoms with Crippen LogP contribution in [0.1, 0.15) is 23.2 Å². The Morgan fingerprint density at radius 2 is 2.06 bits per heavy atom. The lowest BCUT2D eigenvalue weighted by Gasteiger charge is -2.38. The van der Waals surface area contributed by atoms with Gasteiger partial charge in [-0.25, -0.2) is 4.98 Å². The second-order valence-corrected chi connectivity index (χ2v) is 8.06. The number of nitrogens with zero attached hydrogens (tertiary/aromatic N) is 4. The summed E-state index contributed by atoms with van der Waals surface area (Å²) in [5.74, 6) is 1.96. The molecule has 0 radical (unpaired) electrons. The molecule has 0 aliphatic carbocycles. The van der Waals surface area contributed by atoms with Crippen molar-refractivity contribution in [3.05, 3.63) is 42.1 Å². The number of benzene rings is 1. The Morgan fingerprint density at radius 3 is 2.81 bits per heavy atom. The third-order valence-corrected chi connectivity index (χ3v) is 5.65. The van der Waals surface area contributed by atoms with Crippen LogP contribution in [0.3, 0.4) is 0 Å². The molecular formula is C23H34N6O3. The van der Waals surface area contributed by atoms with Crippen molar-refractivity contribution in [1.82, 2.24) is 20.2 Å². The number of hydrogen-bond acceptors (Lipinski definition) is 8. The van der Waals surface area contributed by atoms with E-state index in [4.69, 9.17) is 9.47 Å². The van der Waals surface area contributed by atoms with Crippen molar-refractivity contribution in [3.8, 4) is 5.75 Å². The van der Waals surface area contributed by atoms with Gasteiger partial charge in [0, 0.05) is 47.0 Å². The summed E-state index contributed by atoms with van der Waals surface area (Å²) in [6, 6.07) is 9.11. The maximum atomic E-state index is 12.8. The van der Waals surface area contributed by atoms with Crippen molar-refractivity contribution in [1.29, 1.82) is 0 Å². The van der Waals surface area contributed by atoms with Gasteiger partial charge in [0.1, 0.15) is 11.6 Å². The smallest absolute Gasteiger partial charge is 0.255 e. The summed E-state index contributed by atoms with van der Waals surface area (Å²) in [4.78, 5) is 25.8. The summed E-state index contributed by atoms with van der Waals surface area (Å²) in [5.41, 5.74) is 0.541. The normalized spacial score (nSPS) is 18.8. The van der Waals surface area contributed by atoms with E-state index in [0.29, 0.717) is 17.3 Å². The number of rotatable bonds is 10. The summed E-state index contributed by atoms with van der Waals surface area (Å²) in [6.45, 7) is 3.41. The lowest BCUT2D eigenvalue weighted by atomic mass is 10.0. The number of ether oxygens (including phenoxy) is 2. The Bertz CT molecular complexity index is 878. The van der Waals surface area contributed by atoms with Gasteiger partial charge in [-0.05, 0) is 37.6 Å². The van der Waals surface area contributed by atoms with E-state index in [-0.39, 0.29) is 18.1 Å². The van der Waals surface area contributed by atoms with E-state index in [9.17, 15) is 4.79 Å². The van der Waals surface area contributed by atoms with Gasteiger partial charge in [0.2, 0.25) is 5.95 Å². The SMILES string of the molecule is COc1ccccc1C(=O)NC1CCN(CCCNc2nccc(N(C)C)n2)CC1OC. The molecule has 0 saturated carbocycles. The van der Waals surface area contributed by atoms with Crippen LogP contribution in [0, 0.1) is 0 Å². The number of methoxy groups -OCH3 is 2. The predicted octanol–water partition coefficient (Wildman–Crippen LogP) is 1.87. The molecule has 32 heavy (non-hydrogen) atoms. The standard InChI is InChI=1S/C23H34N6O3/c1-28(2)21-10-13-25-23(27-21)24-12-7-14-29-15-11-18(20(16-29)32-4)26-22(30)17-8-5-6-9-19(17)31-3/h5-6,8-10,13,18,20H,7,11-12,14-16H2,1-4H3,(H,26,30)(H,24,25,27). The van der Waals surface area contributed by atoms with Crippen molar-refractivity contribution in [3.63, 3.8) is 0 Å². The predicted molar refractivity (Wildman–Crippen MR) is 126 cm³/mol. The number of anilines is 2. The fourth-order valence-electron chi connectivity index (χ4n) is 3.85. The van der Waals surface area contributed by atoms with Crippen LogP contribution in [0.5, 0.6) is 5.75 Å². The van der Waals surface area contributed by atoms with Gasteiger partial charge in [-0.1, -0.05) is 12.1 Å². The quantitative estimate of drug-likeness (QED) is 0.539. The first-order valence-corrected chi connectivity index (χ1v) is 10.9. The van der Waals surface area contributed by atoms with Crippen LogP contribution >= 0.6 is 0 Å². The molecule has 2 aromatic rings. The Morgan fingerprint density at radius 1 is 1.25 bits per heavy atom. The monoisotopic (exact) mass is 442 g/mol. The number of para-hydroxylation sites is 1. The molecule has 174 valence electrons. The number of carbonyl (C=O) groups excluding carboxylic acids is 1. The van der Waals surface area contributed by atoms with Crippen LogP contribution in [0.15, 0.2) is 36.5 Å². The maximum absolute atomic E-state index is 12.8. The minimum Gasteiger partial charge on any atom is -0.496 e. The van der Waals surface area contributed by atoms with Gasteiger partial charge >= 0.3 is 0 Å². The van der Waals surface area contributed by atoms with Crippen LogP contribution in [-0.2, 0) is 4.74 Å². The van der Waals surface area contributed by atoms with Crippen LogP contribution in [-0.4, -0.2) is 87.4 Å². The number of aromatic nitrogens is 2. The summed E-state index contributed by atoms with van der Waals surface area (Å²) in [7, 11) is 7.19. The highest BCUT2D eigenvalue weighted by Crippen LogP contribution is 2.19. The van der Waals surface area contributed by atoms with Gasteiger partial charge in [-0.3, -0.25) is 4.79 Å². The van der Waals surface area contributed by atoms with E-state index in [1.165, 1.54) is 0 Å².